The number of aryl methyl sites for hydroxylation is 1. The van der Waals surface area contributed by atoms with E-state index in [9.17, 15) is 14.0 Å². The van der Waals surface area contributed by atoms with Crippen LogP contribution < -0.4 is 10.9 Å². The fraction of sp³-hybridized carbons (Fsp3) is 0.353. The molecule has 1 aliphatic heterocycles. The van der Waals surface area contributed by atoms with Gasteiger partial charge in [-0.05, 0) is 18.4 Å². The van der Waals surface area contributed by atoms with Crippen LogP contribution in [0.15, 0.2) is 41.5 Å². The Morgan fingerprint density at radius 2 is 2.12 bits per heavy atom. The van der Waals surface area contributed by atoms with Crippen molar-refractivity contribution in [2.75, 3.05) is 11.9 Å². The molecule has 2 amide bonds. The minimum atomic E-state index is -0.441. The molecule has 1 aliphatic rings. The second-order valence-corrected chi connectivity index (χ2v) is 6.15. The van der Waals surface area contributed by atoms with Gasteiger partial charge in [0.1, 0.15) is 5.82 Å². The Labute approximate surface area is 138 Å². The number of carbonyl (C=O) groups is 1. The summed E-state index contributed by atoms with van der Waals surface area (Å²) in [6.45, 7) is 2.51. The average molecular weight is 330 g/mol. The zero-order valence-electron chi connectivity index (χ0n) is 13.6. The van der Waals surface area contributed by atoms with Crippen LogP contribution >= 0.6 is 0 Å². The number of nitrogens with one attached hydrogen (secondary N) is 1. The van der Waals surface area contributed by atoms with E-state index in [1.807, 2.05) is 6.92 Å². The van der Waals surface area contributed by atoms with Crippen molar-refractivity contribution in [3.8, 4) is 0 Å². The van der Waals surface area contributed by atoms with E-state index in [4.69, 9.17) is 0 Å². The fourth-order valence-electron chi connectivity index (χ4n) is 3.07. The van der Waals surface area contributed by atoms with E-state index in [-0.39, 0.29) is 29.2 Å². The maximum atomic E-state index is 14.1. The molecule has 0 bridgehead atoms. The Morgan fingerprint density at radius 3 is 2.88 bits per heavy atom. The van der Waals surface area contributed by atoms with E-state index in [1.165, 1.54) is 23.0 Å². The number of benzene rings is 1. The number of amides is 2. The first-order valence-electron chi connectivity index (χ1n) is 7.81. The lowest BCUT2D eigenvalue weighted by atomic mass is 10.0. The Hall–Kier alpha value is -2.70. The number of rotatable bonds is 2. The van der Waals surface area contributed by atoms with E-state index < -0.39 is 6.03 Å². The third kappa shape index (κ3) is 3.02. The summed E-state index contributed by atoms with van der Waals surface area (Å²) in [6.07, 6.45) is 3.63. The first-order chi connectivity index (χ1) is 11.5. The lowest BCUT2D eigenvalue weighted by molar-refractivity contribution is 0.205. The SMILES string of the molecule is CC1CC(c2ccccc2F)N(C(=O)Nc2nccn(C)c2=O)C1. The molecule has 2 heterocycles. The highest BCUT2D eigenvalue weighted by Crippen LogP contribution is 2.36. The minimum Gasteiger partial charge on any atom is -0.317 e. The predicted octanol–water partition coefficient (Wildman–Crippen LogP) is 2.53. The van der Waals surface area contributed by atoms with Gasteiger partial charge >= 0.3 is 6.03 Å². The molecule has 0 saturated carbocycles. The molecule has 0 aliphatic carbocycles. The molecule has 6 nitrogen and oxygen atoms in total. The van der Waals surface area contributed by atoms with E-state index in [2.05, 4.69) is 10.3 Å². The smallest absolute Gasteiger partial charge is 0.317 e. The van der Waals surface area contributed by atoms with Crippen LogP contribution in [0.1, 0.15) is 24.9 Å². The summed E-state index contributed by atoms with van der Waals surface area (Å²) in [5, 5.41) is 2.55. The number of aromatic nitrogens is 2. The van der Waals surface area contributed by atoms with E-state index in [0.29, 0.717) is 18.5 Å². The molecular weight excluding hydrogens is 311 g/mol. The Morgan fingerprint density at radius 1 is 1.38 bits per heavy atom. The summed E-state index contributed by atoms with van der Waals surface area (Å²) in [5.74, 6) is -0.119. The average Bonchev–Trinajstić information content (AvgIpc) is 2.94. The number of hydrogen-bond donors (Lipinski definition) is 1. The molecule has 3 rings (SSSR count). The third-order valence-corrected chi connectivity index (χ3v) is 4.28. The van der Waals surface area contributed by atoms with Gasteiger partial charge in [0.25, 0.3) is 5.56 Å². The van der Waals surface area contributed by atoms with Gasteiger partial charge < -0.3 is 9.47 Å². The second-order valence-electron chi connectivity index (χ2n) is 6.15. The van der Waals surface area contributed by atoms with Gasteiger partial charge in [-0.15, -0.1) is 0 Å². The number of nitrogens with zero attached hydrogens (tertiary/aromatic N) is 3. The molecule has 2 atom stereocenters. The Kier molecular flexibility index (Phi) is 4.33. The van der Waals surface area contributed by atoms with Crippen molar-refractivity contribution in [3.05, 3.63) is 58.4 Å². The molecule has 2 unspecified atom stereocenters. The molecule has 0 radical (unpaired) electrons. The summed E-state index contributed by atoms with van der Waals surface area (Å²) in [6, 6.07) is 5.67. The van der Waals surface area contributed by atoms with Crippen molar-refractivity contribution in [1.82, 2.24) is 14.5 Å². The quantitative estimate of drug-likeness (QED) is 0.920. The van der Waals surface area contributed by atoms with E-state index >= 15 is 0 Å². The molecule has 1 fully saturated rings. The van der Waals surface area contributed by atoms with Gasteiger partial charge in [-0.25, -0.2) is 14.2 Å². The van der Waals surface area contributed by atoms with Crippen molar-refractivity contribution >= 4 is 11.8 Å². The largest absolute Gasteiger partial charge is 0.323 e. The van der Waals surface area contributed by atoms with Crippen LogP contribution in [0, 0.1) is 11.7 Å². The summed E-state index contributed by atoms with van der Waals surface area (Å²) in [4.78, 5) is 30.1. The number of hydrogen-bond acceptors (Lipinski definition) is 3. The van der Waals surface area contributed by atoms with Crippen LogP contribution in [-0.4, -0.2) is 27.0 Å². The number of urea groups is 1. The number of carbonyl (C=O) groups excluding carboxylic acids is 1. The van der Waals surface area contributed by atoms with Crippen LogP contribution in [0.2, 0.25) is 0 Å². The van der Waals surface area contributed by atoms with Crippen LogP contribution in [0.5, 0.6) is 0 Å². The van der Waals surface area contributed by atoms with Gasteiger partial charge in [-0.1, -0.05) is 25.1 Å². The molecule has 2 aromatic rings. The zero-order chi connectivity index (χ0) is 17.3. The van der Waals surface area contributed by atoms with Crippen LogP contribution in [0.25, 0.3) is 0 Å². The molecule has 24 heavy (non-hydrogen) atoms. The Balaban J connectivity index is 1.86. The molecule has 1 aromatic carbocycles. The maximum absolute atomic E-state index is 14.1. The lowest BCUT2D eigenvalue weighted by Gasteiger charge is -2.25. The van der Waals surface area contributed by atoms with Gasteiger partial charge in [-0.3, -0.25) is 10.1 Å². The fourth-order valence-corrected chi connectivity index (χ4v) is 3.07. The molecule has 0 spiro atoms. The number of anilines is 1. The standard InChI is InChI=1S/C17H19FN4O2/c1-11-9-14(12-5-3-4-6-13(12)18)22(10-11)17(24)20-15-16(23)21(2)8-7-19-15/h3-8,11,14H,9-10H2,1-2H3,(H,19,20,24). The molecular formula is C17H19FN4O2. The van der Waals surface area contributed by atoms with E-state index in [0.717, 1.165) is 0 Å². The first-order valence-corrected chi connectivity index (χ1v) is 7.81. The van der Waals surface area contributed by atoms with Crippen LogP contribution in [0.3, 0.4) is 0 Å². The van der Waals surface area contributed by atoms with Crippen molar-refractivity contribution in [2.45, 2.75) is 19.4 Å². The van der Waals surface area contributed by atoms with Crippen molar-refractivity contribution < 1.29 is 9.18 Å². The summed E-state index contributed by atoms with van der Waals surface area (Å²) < 4.78 is 15.5. The highest BCUT2D eigenvalue weighted by Gasteiger charge is 2.35. The molecule has 7 heteroatoms. The number of halogens is 1. The first kappa shape index (κ1) is 16.2. The lowest BCUT2D eigenvalue weighted by Crippen LogP contribution is -2.37. The third-order valence-electron chi connectivity index (χ3n) is 4.28. The molecule has 1 aromatic heterocycles. The van der Waals surface area contributed by atoms with Gasteiger partial charge in [0, 0.05) is 31.5 Å². The predicted molar refractivity (Wildman–Crippen MR) is 88.1 cm³/mol. The second kappa shape index (κ2) is 6.43. The maximum Gasteiger partial charge on any atom is 0.323 e. The van der Waals surface area contributed by atoms with Crippen molar-refractivity contribution in [3.63, 3.8) is 0 Å². The molecule has 126 valence electrons. The summed E-state index contributed by atoms with van der Waals surface area (Å²) >= 11 is 0. The number of likely N-dealkylation sites (tertiary alicyclic amines) is 1. The van der Waals surface area contributed by atoms with Gasteiger partial charge in [0.15, 0.2) is 0 Å². The normalized spacial score (nSPS) is 20.2. The molecule has 1 saturated heterocycles. The van der Waals surface area contributed by atoms with E-state index in [1.54, 1.807) is 30.1 Å². The topological polar surface area (TPSA) is 67.2 Å². The monoisotopic (exact) mass is 330 g/mol. The van der Waals surface area contributed by atoms with Crippen molar-refractivity contribution in [1.29, 1.82) is 0 Å². The minimum absolute atomic E-state index is 0.0307. The molecule has 1 N–H and O–H groups in total. The highest BCUT2D eigenvalue weighted by molar-refractivity contribution is 5.88. The summed E-state index contributed by atoms with van der Waals surface area (Å²) in [5.41, 5.74) is 0.103. The highest BCUT2D eigenvalue weighted by atomic mass is 19.1. The van der Waals surface area contributed by atoms with Crippen LogP contribution in [0.4, 0.5) is 15.0 Å². The zero-order valence-corrected chi connectivity index (χ0v) is 13.6. The van der Waals surface area contributed by atoms with Crippen LogP contribution in [-0.2, 0) is 7.05 Å². The Bertz CT molecular complexity index is 820. The van der Waals surface area contributed by atoms with Gasteiger partial charge in [0.2, 0.25) is 5.82 Å². The van der Waals surface area contributed by atoms with Gasteiger partial charge in [0.05, 0.1) is 6.04 Å². The summed E-state index contributed by atoms with van der Waals surface area (Å²) in [7, 11) is 1.58. The van der Waals surface area contributed by atoms with Gasteiger partial charge in [-0.2, -0.15) is 0 Å². The van der Waals surface area contributed by atoms with Crippen molar-refractivity contribution in [2.24, 2.45) is 13.0 Å².